The number of aryl methyl sites for hydroxylation is 2. The number of esters is 1. The number of hydrogen-bond acceptors (Lipinski definition) is 6. The van der Waals surface area contributed by atoms with Gasteiger partial charge in [0.05, 0.1) is 24.2 Å². The van der Waals surface area contributed by atoms with Gasteiger partial charge in [0.25, 0.3) is 5.56 Å². The highest BCUT2D eigenvalue weighted by Crippen LogP contribution is 2.33. The number of thiophene rings is 1. The number of aromatic nitrogens is 2. The summed E-state index contributed by atoms with van der Waals surface area (Å²) in [6.07, 6.45) is 6.91. The van der Waals surface area contributed by atoms with E-state index in [1.807, 2.05) is 0 Å². The van der Waals surface area contributed by atoms with Crippen LogP contribution in [0.2, 0.25) is 0 Å². The molecule has 8 heteroatoms. The maximum atomic E-state index is 13.0. The van der Waals surface area contributed by atoms with Gasteiger partial charge in [-0.3, -0.25) is 19.0 Å². The molecule has 1 fully saturated rings. The molecule has 150 valence electrons. The summed E-state index contributed by atoms with van der Waals surface area (Å²) in [5.74, 6) is -0.417. The molecule has 0 unspecified atom stereocenters. The van der Waals surface area contributed by atoms with Crippen molar-refractivity contribution in [3.05, 3.63) is 27.1 Å². The summed E-state index contributed by atoms with van der Waals surface area (Å²) in [7, 11) is 0. The van der Waals surface area contributed by atoms with E-state index < -0.39 is 0 Å². The summed E-state index contributed by atoms with van der Waals surface area (Å²) in [5, 5.41) is 0.705. The second-order valence-corrected chi connectivity index (χ2v) is 8.56. The highest BCUT2D eigenvalue weighted by atomic mass is 32.1. The van der Waals surface area contributed by atoms with Gasteiger partial charge in [0.2, 0.25) is 5.91 Å². The predicted octanol–water partition coefficient (Wildman–Crippen LogP) is 2.14. The molecule has 2 aromatic rings. The number of nitrogens with zero attached hydrogens (tertiary/aromatic N) is 3. The van der Waals surface area contributed by atoms with Crippen LogP contribution in [0.4, 0.5) is 0 Å². The van der Waals surface area contributed by atoms with E-state index >= 15 is 0 Å². The maximum Gasteiger partial charge on any atom is 0.309 e. The second-order valence-electron chi connectivity index (χ2n) is 7.48. The minimum Gasteiger partial charge on any atom is -0.466 e. The van der Waals surface area contributed by atoms with E-state index in [1.165, 1.54) is 15.8 Å². The van der Waals surface area contributed by atoms with Crippen molar-refractivity contribution in [1.29, 1.82) is 0 Å². The third-order valence-electron chi connectivity index (χ3n) is 5.72. The van der Waals surface area contributed by atoms with E-state index in [2.05, 4.69) is 4.98 Å². The van der Waals surface area contributed by atoms with Crippen molar-refractivity contribution >= 4 is 33.4 Å². The van der Waals surface area contributed by atoms with Crippen molar-refractivity contribution in [3.63, 3.8) is 0 Å². The average Bonchev–Trinajstić information content (AvgIpc) is 3.09. The first kappa shape index (κ1) is 19.1. The molecular weight excluding hydrogens is 378 g/mol. The van der Waals surface area contributed by atoms with E-state index in [4.69, 9.17) is 4.74 Å². The first-order valence-electron chi connectivity index (χ1n) is 10.0. The first-order valence-corrected chi connectivity index (χ1v) is 10.8. The van der Waals surface area contributed by atoms with Crippen molar-refractivity contribution in [3.8, 4) is 0 Å². The van der Waals surface area contributed by atoms with Gasteiger partial charge in [-0.1, -0.05) is 0 Å². The van der Waals surface area contributed by atoms with Crippen LogP contribution in [-0.2, 0) is 33.7 Å². The van der Waals surface area contributed by atoms with Crippen LogP contribution in [0.1, 0.15) is 43.0 Å². The number of carbonyl (C=O) groups excluding carboxylic acids is 2. The van der Waals surface area contributed by atoms with Crippen LogP contribution in [-0.4, -0.2) is 46.0 Å². The zero-order valence-electron chi connectivity index (χ0n) is 16.1. The number of fused-ring (bicyclic) bond motifs is 3. The van der Waals surface area contributed by atoms with Crippen LogP contribution < -0.4 is 5.56 Å². The standard InChI is InChI=1S/C20H25N3O4S/c1-2-27-20(26)13-7-9-22(10-8-13)16(24)11-23-12-21-18-17(19(23)25)14-5-3-4-6-15(14)28-18/h12-13H,2-11H2,1H3. The molecule has 0 atom stereocenters. The molecule has 3 heterocycles. The molecule has 1 amide bonds. The van der Waals surface area contributed by atoms with Crippen LogP contribution in [0.3, 0.4) is 0 Å². The number of carbonyl (C=O) groups is 2. The SMILES string of the molecule is CCOC(=O)C1CCN(C(=O)Cn2cnc3sc4c(c3c2=O)CCCC4)CC1. The lowest BCUT2D eigenvalue weighted by Gasteiger charge is -2.31. The van der Waals surface area contributed by atoms with Gasteiger partial charge in [0.1, 0.15) is 11.4 Å². The van der Waals surface area contributed by atoms with E-state index in [1.54, 1.807) is 23.2 Å². The lowest BCUT2D eigenvalue weighted by atomic mass is 9.97. The van der Waals surface area contributed by atoms with Gasteiger partial charge in [-0.25, -0.2) is 4.98 Å². The summed E-state index contributed by atoms with van der Waals surface area (Å²) < 4.78 is 6.51. The molecular formula is C20H25N3O4S. The molecule has 0 aromatic carbocycles. The second kappa shape index (κ2) is 8.03. The Morgan fingerprint density at radius 3 is 2.75 bits per heavy atom. The van der Waals surface area contributed by atoms with Gasteiger partial charge in [-0.15, -0.1) is 11.3 Å². The van der Waals surface area contributed by atoms with Crippen LogP contribution in [0.15, 0.2) is 11.1 Å². The zero-order valence-corrected chi connectivity index (χ0v) is 16.9. The Bertz CT molecular complexity index is 956. The quantitative estimate of drug-likeness (QED) is 0.731. The largest absolute Gasteiger partial charge is 0.466 e. The Kier molecular flexibility index (Phi) is 5.48. The third-order valence-corrected chi connectivity index (χ3v) is 6.91. The van der Waals surface area contributed by atoms with Crippen molar-refractivity contribution in [2.24, 2.45) is 5.92 Å². The third kappa shape index (κ3) is 3.57. The number of ether oxygens (including phenoxy) is 1. The van der Waals surface area contributed by atoms with Crippen molar-refractivity contribution < 1.29 is 14.3 Å². The Morgan fingerprint density at radius 2 is 2.00 bits per heavy atom. The Morgan fingerprint density at radius 1 is 1.25 bits per heavy atom. The molecule has 0 N–H and O–H groups in total. The maximum absolute atomic E-state index is 13.0. The molecule has 0 spiro atoms. The molecule has 4 rings (SSSR count). The summed E-state index contributed by atoms with van der Waals surface area (Å²) in [6.45, 7) is 3.20. The molecule has 1 saturated heterocycles. The summed E-state index contributed by atoms with van der Waals surface area (Å²) in [6, 6.07) is 0. The topological polar surface area (TPSA) is 81.5 Å². The van der Waals surface area contributed by atoms with Gasteiger partial charge in [0, 0.05) is 18.0 Å². The van der Waals surface area contributed by atoms with Crippen LogP contribution in [0.25, 0.3) is 10.2 Å². The van der Waals surface area contributed by atoms with Crippen LogP contribution >= 0.6 is 11.3 Å². The van der Waals surface area contributed by atoms with Gasteiger partial charge in [-0.2, -0.15) is 0 Å². The molecule has 2 aliphatic rings. The highest BCUT2D eigenvalue weighted by Gasteiger charge is 2.28. The van der Waals surface area contributed by atoms with Gasteiger partial charge in [0.15, 0.2) is 0 Å². The predicted molar refractivity (Wildman–Crippen MR) is 106 cm³/mol. The summed E-state index contributed by atoms with van der Waals surface area (Å²) in [4.78, 5) is 45.8. The van der Waals surface area contributed by atoms with E-state index in [0.717, 1.165) is 36.1 Å². The smallest absolute Gasteiger partial charge is 0.309 e. The van der Waals surface area contributed by atoms with E-state index in [9.17, 15) is 14.4 Å². The normalized spacial score (nSPS) is 17.5. The van der Waals surface area contributed by atoms with Crippen molar-refractivity contribution in [2.75, 3.05) is 19.7 Å². The molecule has 2 aromatic heterocycles. The minimum atomic E-state index is -0.178. The number of hydrogen-bond donors (Lipinski definition) is 0. The van der Waals surface area contributed by atoms with Crippen molar-refractivity contribution in [1.82, 2.24) is 14.5 Å². The van der Waals surface area contributed by atoms with Crippen molar-refractivity contribution in [2.45, 2.75) is 52.0 Å². The Balaban J connectivity index is 1.47. The first-order chi connectivity index (χ1) is 13.6. The lowest BCUT2D eigenvalue weighted by Crippen LogP contribution is -2.43. The summed E-state index contributed by atoms with van der Waals surface area (Å²) in [5.41, 5.74) is 1.03. The Labute approximate surface area is 167 Å². The van der Waals surface area contributed by atoms with Gasteiger partial charge >= 0.3 is 5.97 Å². The van der Waals surface area contributed by atoms with E-state index in [0.29, 0.717) is 37.9 Å². The molecule has 7 nitrogen and oxygen atoms in total. The number of likely N-dealkylation sites (tertiary alicyclic amines) is 1. The fraction of sp³-hybridized carbons (Fsp3) is 0.600. The van der Waals surface area contributed by atoms with E-state index in [-0.39, 0.29) is 29.9 Å². The van der Waals surface area contributed by atoms with Gasteiger partial charge in [-0.05, 0) is 51.0 Å². The van der Waals surface area contributed by atoms with Crippen LogP contribution in [0.5, 0.6) is 0 Å². The monoisotopic (exact) mass is 403 g/mol. The molecule has 1 aliphatic carbocycles. The number of piperidine rings is 1. The zero-order chi connectivity index (χ0) is 19.7. The number of amides is 1. The highest BCUT2D eigenvalue weighted by molar-refractivity contribution is 7.18. The molecule has 28 heavy (non-hydrogen) atoms. The molecule has 0 radical (unpaired) electrons. The summed E-state index contributed by atoms with van der Waals surface area (Å²) >= 11 is 1.61. The number of rotatable bonds is 4. The fourth-order valence-corrected chi connectivity index (χ4v) is 5.38. The van der Waals surface area contributed by atoms with Gasteiger partial charge < -0.3 is 9.64 Å². The van der Waals surface area contributed by atoms with Crippen LogP contribution in [0, 0.1) is 5.92 Å². The molecule has 0 saturated carbocycles. The Hall–Kier alpha value is -2.22. The lowest BCUT2D eigenvalue weighted by molar-refractivity contribution is -0.151. The molecule has 1 aliphatic heterocycles. The molecule has 0 bridgehead atoms. The fourth-order valence-electron chi connectivity index (χ4n) is 4.16. The minimum absolute atomic E-state index is 0.00351. The average molecular weight is 404 g/mol.